The van der Waals surface area contributed by atoms with Crippen LogP contribution in [0.25, 0.3) is 0 Å². The van der Waals surface area contributed by atoms with Gasteiger partial charge < -0.3 is 15.0 Å². The summed E-state index contributed by atoms with van der Waals surface area (Å²) in [6.07, 6.45) is 7.13. The van der Waals surface area contributed by atoms with E-state index in [-0.39, 0.29) is 12.0 Å². The number of nitrogens with one attached hydrogen (secondary N) is 2. The fraction of sp³-hybridized carbons (Fsp3) is 0.643. The van der Waals surface area contributed by atoms with Crippen LogP contribution in [0.3, 0.4) is 0 Å². The molecule has 0 aromatic carbocycles. The van der Waals surface area contributed by atoms with E-state index in [9.17, 15) is 9.59 Å². The number of amides is 2. The van der Waals surface area contributed by atoms with Gasteiger partial charge in [0, 0.05) is 19.2 Å². The van der Waals surface area contributed by atoms with Gasteiger partial charge in [0.05, 0.1) is 19.3 Å². The van der Waals surface area contributed by atoms with Crippen molar-refractivity contribution in [2.75, 3.05) is 19.6 Å². The highest BCUT2D eigenvalue weighted by Gasteiger charge is 2.44. The van der Waals surface area contributed by atoms with E-state index in [1.165, 1.54) is 0 Å². The lowest BCUT2D eigenvalue weighted by atomic mass is 9.92. The third-order valence-electron chi connectivity index (χ3n) is 4.17. The highest BCUT2D eigenvalue weighted by Crippen LogP contribution is 2.28. The van der Waals surface area contributed by atoms with E-state index in [0.717, 1.165) is 37.8 Å². The van der Waals surface area contributed by atoms with Crippen LogP contribution < -0.4 is 5.32 Å². The van der Waals surface area contributed by atoms with Crippen molar-refractivity contribution >= 4 is 12.0 Å². The molecule has 0 unspecified atom stereocenters. The Balaban J connectivity index is 1.49. The van der Waals surface area contributed by atoms with Gasteiger partial charge in [0.15, 0.2) is 0 Å². The molecular formula is C14H20N4O3. The normalized spacial score (nSPS) is 25.0. The topological polar surface area (TPSA) is 87.3 Å². The molecular weight excluding hydrogens is 272 g/mol. The Labute approximate surface area is 123 Å². The Morgan fingerprint density at radius 3 is 3.14 bits per heavy atom. The summed E-state index contributed by atoms with van der Waals surface area (Å²) in [6.45, 7) is 1.77. The lowest BCUT2D eigenvalue weighted by molar-refractivity contribution is -0.136. The molecule has 0 aliphatic carbocycles. The summed E-state index contributed by atoms with van der Waals surface area (Å²) >= 11 is 0. The number of rotatable bonds is 4. The molecule has 2 aliphatic rings. The number of hydrogen-bond donors (Lipinski definition) is 2. The van der Waals surface area contributed by atoms with E-state index in [2.05, 4.69) is 15.5 Å². The second-order valence-electron chi connectivity index (χ2n) is 5.81. The van der Waals surface area contributed by atoms with E-state index in [4.69, 9.17) is 4.74 Å². The van der Waals surface area contributed by atoms with Gasteiger partial charge in [-0.25, -0.2) is 4.79 Å². The number of carbonyl (C=O) groups excluding carboxylic acids is 2. The average Bonchev–Trinajstić information content (AvgIpc) is 3.10. The van der Waals surface area contributed by atoms with Crippen molar-refractivity contribution < 1.29 is 14.3 Å². The number of ether oxygens (including phenoxy) is 1. The van der Waals surface area contributed by atoms with Gasteiger partial charge in [-0.05, 0) is 31.2 Å². The van der Waals surface area contributed by atoms with Crippen LogP contribution in [0.15, 0.2) is 12.4 Å². The molecule has 2 N–H and O–H groups in total. The Hall–Kier alpha value is -2.05. The molecule has 2 fully saturated rings. The van der Waals surface area contributed by atoms with Crippen molar-refractivity contribution in [2.24, 2.45) is 0 Å². The first-order valence-corrected chi connectivity index (χ1v) is 7.39. The molecule has 1 aromatic heterocycles. The monoisotopic (exact) mass is 292 g/mol. The summed E-state index contributed by atoms with van der Waals surface area (Å²) in [6, 6.07) is 0. The van der Waals surface area contributed by atoms with E-state index in [1.807, 2.05) is 11.1 Å². The molecule has 0 bridgehead atoms. The molecule has 7 heteroatoms. The molecule has 7 nitrogen and oxygen atoms in total. The number of likely N-dealkylation sites (tertiary alicyclic amines) is 1. The number of aromatic amines is 1. The minimum Gasteiger partial charge on any atom is -0.439 e. The number of H-pyrrole nitrogens is 1. The third kappa shape index (κ3) is 3.17. The zero-order chi connectivity index (χ0) is 14.7. The summed E-state index contributed by atoms with van der Waals surface area (Å²) < 4.78 is 5.38. The first kappa shape index (κ1) is 13.9. The van der Waals surface area contributed by atoms with Crippen LogP contribution in [0.2, 0.25) is 0 Å². The van der Waals surface area contributed by atoms with Crippen molar-refractivity contribution in [1.82, 2.24) is 20.4 Å². The molecule has 0 saturated carbocycles. The van der Waals surface area contributed by atoms with Crippen molar-refractivity contribution in [2.45, 2.75) is 37.7 Å². The highest BCUT2D eigenvalue weighted by atomic mass is 16.6. The molecule has 1 atom stereocenters. The summed E-state index contributed by atoms with van der Waals surface area (Å²) in [5, 5.41) is 9.35. The van der Waals surface area contributed by atoms with Crippen LogP contribution in [0.1, 0.15) is 31.2 Å². The van der Waals surface area contributed by atoms with E-state index >= 15 is 0 Å². The molecule has 0 radical (unpaired) electrons. The van der Waals surface area contributed by atoms with Gasteiger partial charge in [-0.1, -0.05) is 0 Å². The van der Waals surface area contributed by atoms with E-state index in [1.54, 1.807) is 6.20 Å². The lowest BCUT2D eigenvalue weighted by Crippen LogP contribution is -2.52. The van der Waals surface area contributed by atoms with Gasteiger partial charge in [-0.3, -0.25) is 9.89 Å². The van der Waals surface area contributed by atoms with Crippen molar-refractivity contribution in [1.29, 1.82) is 0 Å². The zero-order valence-corrected chi connectivity index (χ0v) is 11.9. The minimum atomic E-state index is -0.504. The molecule has 1 aromatic rings. The fourth-order valence-electron chi connectivity index (χ4n) is 3.06. The predicted octanol–water partition coefficient (Wildman–Crippen LogP) is 0.833. The van der Waals surface area contributed by atoms with Gasteiger partial charge in [0.1, 0.15) is 5.60 Å². The summed E-state index contributed by atoms with van der Waals surface area (Å²) in [5.41, 5.74) is 0.613. The van der Waals surface area contributed by atoms with Crippen LogP contribution in [-0.2, 0) is 16.0 Å². The lowest BCUT2D eigenvalue weighted by Gasteiger charge is -2.38. The number of hydrogen-bond acceptors (Lipinski definition) is 4. The summed E-state index contributed by atoms with van der Waals surface area (Å²) in [4.78, 5) is 25.4. The standard InChI is InChI=1S/C14H20N4O3/c19-12(4-1-3-11-7-16-17-8-11)18-6-2-5-14(10-18)9-15-13(20)21-14/h7-8H,1-6,9-10H2,(H,15,20)(H,16,17)/t14-/m0/s1. The number of piperidine rings is 1. The second kappa shape index (κ2) is 5.75. The zero-order valence-electron chi connectivity index (χ0n) is 11.9. The van der Waals surface area contributed by atoms with Gasteiger partial charge >= 0.3 is 6.09 Å². The molecule has 2 aliphatic heterocycles. The first-order valence-electron chi connectivity index (χ1n) is 7.39. The first-order chi connectivity index (χ1) is 10.2. The second-order valence-corrected chi connectivity index (χ2v) is 5.81. The third-order valence-corrected chi connectivity index (χ3v) is 4.17. The van der Waals surface area contributed by atoms with Gasteiger partial charge in [0.2, 0.25) is 5.91 Å². The number of carbonyl (C=O) groups is 2. The summed E-state index contributed by atoms with van der Waals surface area (Å²) in [5.74, 6) is 0.139. The van der Waals surface area contributed by atoms with Crippen LogP contribution in [-0.4, -0.2) is 52.3 Å². The smallest absolute Gasteiger partial charge is 0.407 e. The van der Waals surface area contributed by atoms with Crippen LogP contribution in [0.5, 0.6) is 0 Å². The Bertz CT molecular complexity index is 516. The number of aryl methyl sites for hydroxylation is 1. The largest absolute Gasteiger partial charge is 0.439 e. The highest BCUT2D eigenvalue weighted by molar-refractivity contribution is 5.77. The Morgan fingerprint density at radius 2 is 2.43 bits per heavy atom. The van der Waals surface area contributed by atoms with Crippen LogP contribution >= 0.6 is 0 Å². The molecule has 3 heterocycles. The Morgan fingerprint density at radius 1 is 1.52 bits per heavy atom. The Kier molecular flexibility index (Phi) is 3.81. The van der Waals surface area contributed by atoms with Crippen LogP contribution in [0, 0.1) is 0 Å². The number of aromatic nitrogens is 2. The van der Waals surface area contributed by atoms with Crippen LogP contribution in [0.4, 0.5) is 4.79 Å². The SMILES string of the molecule is O=C1NC[C@]2(CCCN(C(=O)CCCc3cn[nH]c3)C2)O1. The maximum absolute atomic E-state index is 12.3. The average molecular weight is 292 g/mol. The number of nitrogens with zero attached hydrogens (tertiary/aromatic N) is 2. The fourth-order valence-corrected chi connectivity index (χ4v) is 3.06. The van der Waals surface area contributed by atoms with Gasteiger partial charge in [0.25, 0.3) is 0 Å². The molecule has 3 rings (SSSR count). The predicted molar refractivity (Wildman–Crippen MR) is 74.6 cm³/mol. The van der Waals surface area contributed by atoms with Gasteiger partial charge in [-0.2, -0.15) is 5.10 Å². The number of alkyl carbamates (subject to hydrolysis) is 1. The van der Waals surface area contributed by atoms with Gasteiger partial charge in [-0.15, -0.1) is 0 Å². The molecule has 2 saturated heterocycles. The minimum absolute atomic E-state index is 0.139. The molecule has 2 amide bonds. The van der Waals surface area contributed by atoms with Crippen molar-refractivity contribution in [3.05, 3.63) is 18.0 Å². The van der Waals surface area contributed by atoms with E-state index in [0.29, 0.717) is 19.5 Å². The maximum Gasteiger partial charge on any atom is 0.407 e. The van der Waals surface area contributed by atoms with Crippen molar-refractivity contribution in [3.63, 3.8) is 0 Å². The quantitative estimate of drug-likeness (QED) is 0.860. The molecule has 1 spiro atoms. The summed E-state index contributed by atoms with van der Waals surface area (Å²) in [7, 11) is 0. The van der Waals surface area contributed by atoms with Crippen molar-refractivity contribution in [3.8, 4) is 0 Å². The van der Waals surface area contributed by atoms with E-state index < -0.39 is 5.60 Å². The maximum atomic E-state index is 12.3. The molecule has 114 valence electrons. The molecule has 21 heavy (non-hydrogen) atoms.